The zero-order chi connectivity index (χ0) is 30.5. The third-order valence-electron chi connectivity index (χ3n) is 7.28. The summed E-state index contributed by atoms with van der Waals surface area (Å²) in [4.78, 5) is 51.9. The Morgan fingerprint density at radius 2 is 1.56 bits per heavy atom. The Hall–Kier alpha value is -3.60. The van der Waals surface area contributed by atoms with E-state index >= 15 is 0 Å². The van der Waals surface area contributed by atoms with Crippen LogP contribution in [0.15, 0.2) is 48.5 Å². The molecule has 3 N–H and O–H groups in total. The van der Waals surface area contributed by atoms with Crippen LogP contribution >= 0.6 is 11.6 Å². The Bertz CT molecular complexity index is 1280. The van der Waals surface area contributed by atoms with Gasteiger partial charge in [-0.15, -0.1) is 0 Å². The highest BCUT2D eigenvalue weighted by atomic mass is 35.5. The normalized spacial score (nSPS) is 16.5. The molecule has 0 saturated heterocycles. The predicted molar refractivity (Wildman–Crippen MR) is 146 cm³/mol. The summed E-state index contributed by atoms with van der Waals surface area (Å²) in [6.07, 6.45) is -3.23. The van der Waals surface area contributed by atoms with Gasteiger partial charge in [0.25, 0.3) is 5.78 Å². The number of halogens is 4. The van der Waals surface area contributed by atoms with Gasteiger partial charge >= 0.3 is 6.18 Å². The maximum atomic E-state index is 13.4. The number of carbonyl (C=O) groups excluding carboxylic acids is 4. The molecule has 3 amide bonds. The Balaban J connectivity index is 1.82. The summed E-state index contributed by atoms with van der Waals surface area (Å²) in [5, 5.41) is 7.84. The van der Waals surface area contributed by atoms with Crippen molar-refractivity contribution < 1.29 is 37.1 Å². The van der Waals surface area contributed by atoms with Crippen molar-refractivity contribution in [1.29, 1.82) is 0 Å². The number of benzene rings is 2. The molecule has 1 aliphatic carbocycles. The second-order valence-corrected chi connectivity index (χ2v) is 10.9. The molecule has 2 aromatic rings. The van der Waals surface area contributed by atoms with E-state index in [9.17, 15) is 32.3 Å². The first kappa shape index (κ1) is 31.9. The number of rotatable bonds is 11. The minimum atomic E-state index is -5.17. The number of ether oxygens (including phenoxy) is 1. The number of methoxy groups -OCH3 is 1. The molecule has 3 rings (SSSR count). The molecule has 0 aliphatic heterocycles. The molecule has 3 atom stereocenters. The van der Waals surface area contributed by atoms with Crippen LogP contribution in [0, 0.1) is 5.92 Å². The summed E-state index contributed by atoms with van der Waals surface area (Å²) in [6.45, 7) is 4.16. The maximum Gasteiger partial charge on any atom is 0.452 e. The van der Waals surface area contributed by atoms with Crippen LogP contribution in [0.25, 0.3) is 0 Å². The number of alkyl halides is 3. The highest BCUT2D eigenvalue weighted by Crippen LogP contribution is 2.44. The van der Waals surface area contributed by atoms with Crippen molar-refractivity contribution >= 4 is 35.1 Å². The van der Waals surface area contributed by atoms with Crippen LogP contribution in [0.2, 0.25) is 5.02 Å². The first-order valence-corrected chi connectivity index (χ1v) is 13.5. The van der Waals surface area contributed by atoms with E-state index in [4.69, 9.17) is 16.3 Å². The summed E-state index contributed by atoms with van der Waals surface area (Å²) in [5.41, 5.74) is 0.103. The van der Waals surface area contributed by atoms with Gasteiger partial charge in [0, 0.05) is 5.02 Å². The zero-order valence-corrected chi connectivity index (χ0v) is 23.9. The molecule has 0 spiro atoms. The Morgan fingerprint density at radius 1 is 0.927 bits per heavy atom. The Morgan fingerprint density at radius 3 is 2.05 bits per heavy atom. The van der Waals surface area contributed by atoms with Crippen LogP contribution in [-0.4, -0.2) is 48.9 Å². The number of carbonyl (C=O) groups is 4. The van der Waals surface area contributed by atoms with Crippen molar-refractivity contribution in [3.63, 3.8) is 0 Å². The smallest absolute Gasteiger partial charge is 0.452 e. The molecule has 2 aromatic carbocycles. The summed E-state index contributed by atoms with van der Waals surface area (Å²) >= 11 is 6.13. The van der Waals surface area contributed by atoms with E-state index in [0.29, 0.717) is 23.6 Å². The SMILES string of the molecule is COc1ccc([C@H](NC(=O)[C@H](C)NC(=O)C2(c3cccc(Cl)c3)CCC2)C(=O)N[C@H](C(=O)C(F)(F)F)C(C)C)cc1. The molecular formula is C29H33ClF3N3O5. The van der Waals surface area contributed by atoms with Crippen molar-refractivity contribution in [1.82, 2.24) is 16.0 Å². The second kappa shape index (κ2) is 12.9. The molecule has 41 heavy (non-hydrogen) atoms. The Kier molecular flexibility index (Phi) is 10.1. The fourth-order valence-corrected chi connectivity index (χ4v) is 4.87. The monoisotopic (exact) mass is 595 g/mol. The minimum absolute atomic E-state index is 0.228. The first-order valence-electron chi connectivity index (χ1n) is 13.1. The number of amides is 3. The van der Waals surface area contributed by atoms with Crippen molar-refractivity contribution in [2.45, 2.75) is 69.8 Å². The number of ketones is 1. The number of Topliss-reactive ketones (excluding diaryl/α,β-unsaturated/α-hetero) is 1. The van der Waals surface area contributed by atoms with Gasteiger partial charge in [0.15, 0.2) is 0 Å². The van der Waals surface area contributed by atoms with Crippen molar-refractivity contribution in [3.05, 3.63) is 64.7 Å². The third kappa shape index (κ3) is 7.38. The lowest BCUT2D eigenvalue weighted by molar-refractivity contribution is -0.175. The summed E-state index contributed by atoms with van der Waals surface area (Å²) < 4.78 is 44.7. The molecule has 0 bridgehead atoms. The van der Waals surface area contributed by atoms with E-state index in [1.54, 1.807) is 24.3 Å². The van der Waals surface area contributed by atoms with E-state index in [1.807, 2.05) is 0 Å². The minimum Gasteiger partial charge on any atom is -0.497 e. The highest BCUT2D eigenvalue weighted by Gasteiger charge is 2.47. The molecule has 8 nitrogen and oxygen atoms in total. The van der Waals surface area contributed by atoms with Crippen LogP contribution in [-0.2, 0) is 24.6 Å². The molecule has 12 heteroatoms. The lowest BCUT2D eigenvalue weighted by Gasteiger charge is -2.41. The van der Waals surface area contributed by atoms with E-state index in [1.165, 1.54) is 52.1 Å². The summed E-state index contributed by atoms with van der Waals surface area (Å²) in [7, 11) is 1.43. The van der Waals surface area contributed by atoms with Crippen LogP contribution in [0.4, 0.5) is 13.2 Å². The fourth-order valence-electron chi connectivity index (χ4n) is 4.68. The van der Waals surface area contributed by atoms with Crippen molar-refractivity contribution in [2.24, 2.45) is 5.92 Å². The Labute approximate surface area is 241 Å². The number of hydrogen-bond acceptors (Lipinski definition) is 5. The molecular weight excluding hydrogens is 563 g/mol. The number of nitrogens with one attached hydrogen (secondary N) is 3. The van der Waals surface area contributed by atoms with Gasteiger partial charge in [0.1, 0.15) is 17.8 Å². The zero-order valence-electron chi connectivity index (χ0n) is 23.1. The van der Waals surface area contributed by atoms with E-state index < -0.39 is 53.2 Å². The van der Waals surface area contributed by atoms with E-state index in [2.05, 4.69) is 16.0 Å². The lowest BCUT2D eigenvalue weighted by Crippen LogP contribution is -2.56. The van der Waals surface area contributed by atoms with Gasteiger partial charge in [0.05, 0.1) is 18.6 Å². The van der Waals surface area contributed by atoms with Gasteiger partial charge in [0.2, 0.25) is 17.7 Å². The van der Waals surface area contributed by atoms with E-state index in [0.717, 1.165) is 12.0 Å². The molecule has 1 saturated carbocycles. The molecule has 1 fully saturated rings. The van der Waals surface area contributed by atoms with Gasteiger partial charge in [-0.2, -0.15) is 13.2 Å². The van der Waals surface area contributed by atoms with Crippen LogP contribution in [0.5, 0.6) is 5.75 Å². The van der Waals surface area contributed by atoms with Crippen molar-refractivity contribution in [2.75, 3.05) is 7.11 Å². The molecule has 0 heterocycles. The maximum absolute atomic E-state index is 13.4. The predicted octanol–water partition coefficient (Wildman–Crippen LogP) is 4.40. The third-order valence-corrected chi connectivity index (χ3v) is 7.52. The van der Waals surface area contributed by atoms with Gasteiger partial charge in [-0.3, -0.25) is 19.2 Å². The molecule has 1 aliphatic rings. The largest absolute Gasteiger partial charge is 0.497 e. The lowest BCUT2D eigenvalue weighted by atomic mass is 9.63. The van der Waals surface area contributed by atoms with Gasteiger partial charge < -0.3 is 20.7 Å². The van der Waals surface area contributed by atoms with E-state index in [-0.39, 0.29) is 11.5 Å². The summed E-state index contributed by atoms with van der Waals surface area (Å²) in [6, 6.07) is 8.46. The topological polar surface area (TPSA) is 114 Å². The average Bonchev–Trinajstić information content (AvgIpc) is 2.88. The highest BCUT2D eigenvalue weighted by molar-refractivity contribution is 6.30. The van der Waals surface area contributed by atoms with Gasteiger partial charge in [-0.25, -0.2) is 0 Å². The molecule has 0 unspecified atom stereocenters. The first-order chi connectivity index (χ1) is 19.2. The van der Waals surface area contributed by atoms with Crippen LogP contribution < -0.4 is 20.7 Å². The fraction of sp³-hybridized carbons (Fsp3) is 0.448. The van der Waals surface area contributed by atoms with Crippen LogP contribution in [0.3, 0.4) is 0 Å². The number of hydrogen-bond donors (Lipinski definition) is 3. The summed E-state index contributed by atoms with van der Waals surface area (Å²) in [5.74, 6) is -4.70. The quantitative estimate of drug-likeness (QED) is 0.356. The van der Waals surface area contributed by atoms with Crippen molar-refractivity contribution in [3.8, 4) is 5.75 Å². The van der Waals surface area contributed by atoms with Gasteiger partial charge in [-0.05, 0) is 61.1 Å². The van der Waals surface area contributed by atoms with Gasteiger partial charge in [-0.1, -0.05) is 56.1 Å². The molecule has 0 radical (unpaired) electrons. The molecule has 222 valence electrons. The molecule has 0 aromatic heterocycles. The second-order valence-electron chi connectivity index (χ2n) is 10.4. The standard InChI is InChI=1S/C29H33ClF3N3O5/c1-16(2)22(24(37)29(31,32)33)35-26(39)23(18-9-11-21(41-4)12-10-18)36-25(38)17(3)34-27(40)28(13-6-14-28)19-7-5-8-20(30)15-19/h5,7-12,15-17,22-23H,6,13-14H2,1-4H3,(H,34,40)(H,35,39)(H,36,38)/t17-,22-,23-/m0/s1. The van der Waals surface area contributed by atoms with Crippen LogP contribution in [0.1, 0.15) is 57.2 Å². The average molecular weight is 596 g/mol.